The molecule has 0 N–H and O–H groups in total. The molecule has 0 radical (unpaired) electrons. The lowest BCUT2D eigenvalue weighted by atomic mass is 10.1. The van der Waals surface area contributed by atoms with Crippen LogP contribution in [0.4, 0.5) is 16.3 Å². The fourth-order valence-corrected chi connectivity index (χ4v) is 3.39. The van der Waals surface area contributed by atoms with Crippen LogP contribution in [0.25, 0.3) is 0 Å². The summed E-state index contributed by atoms with van der Waals surface area (Å²) in [7, 11) is 1.66. The van der Waals surface area contributed by atoms with Crippen molar-refractivity contribution < 1.29 is 28.7 Å². The Morgan fingerprint density at radius 1 is 1.19 bits per heavy atom. The number of methoxy groups -OCH3 is 1. The van der Waals surface area contributed by atoms with Crippen molar-refractivity contribution in [2.24, 2.45) is 0 Å². The summed E-state index contributed by atoms with van der Waals surface area (Å²) in [6.45, 7) is 3.50. The van der Waals surface area contributed by atoms with Gasteiger partial charge in [-0.15, -0.1) is 0 Å². The summed E-state index contributed by atoms with van der Waals surface area (Å²) < 4.78 is 21.0. The monoisotopic (exact) mass is 445 g/mol. The Hall–Kier alpha value is -3.40. The van der Waals surface area contributed by atoms with E-state index in [4.69, 9.17) is 18.9 Å². The summed E-state index contributed by atoms with van der Waals surface area (Å²) in [4.78, 5) is 28.8. The van der Waals surface area contributed by atoms with Crippen molar-refractivity contribution >= 4 is 17.7 Å². The Bertz CT molecular complexity index is 912. The van der Waals surface area contributed by atoms with Crippen molar-refractivity contribution in [2.45, 2.75) is 32.3 Å². The van der Waals surface area contributed by atoms with E-state index in [1.54, 1.807) is 14.0 Å². The lowest BCUT2D eigenvalue weighted by Crippen LogP contribution is -2.38. The zero-order valence-electron chi connectivity index (χ0n) is 18.2. The molecule has 1 aromatic carbocycles. The average Bonchev–Trinajstić information content (AvgIpc) is 2.79. The quantitative estimate of drug-likeness (QED) is 0.319. The Kier molecular flexibility index (Phi) is 8.20. The standard InChI is InChI=1S/C22H27N3O7/c1-3-30-22(26)32-18-10-13-24(14-11-18)21-19(25(27)28)8-9-20(23-21)31-17-6-4-16(5-7-17)12-15-29-2/h4-9,18H,3,10-15H2,1-2H3. The molecule has 172 valence electrons. The van der Waals surface area contributed by atoms with Crippen LogP contribution in [0.5, 0.6) is 11.6 Å². The lowest BCUT2D eigenvalue weighted by molar-refractivity contribution is -0.384. The number of nitro groups is 1. The summed E-state index contributed by atoms with van der Waals surface area (Å²) in [6, 6.07) is 10.4. The first-order valence-corrected chi connectivity index (χ1v) is 10.5. The first-order valence-electron chi connectivity index (χ1n) is 10.5. The van der Waals surface area contributed by atoms with Crippen molar-refractivity contribution in [3.05, 3.63) is 52.1 Å². The fraction of sp³-hybridized carbons (Fsp3) is 0.455. The van der Waals surface area contributed by atoms with E-state index < -0.39 is 11.1 Å². The van der Waals surface area contributed by atoms with E-state index >= 15 is 0 Å². The summed E-state index contributed by atoms with van der Waals surface area (Å²) in [5, 5.41) is 11.5. The Labute approximate surface area is 186 Å². The van der Waals surface area contributed by atoms with Gasteiger partial charge in [-0.3, -0.25) is 10.1 Å². The molecule has 1 aromatic heterocycles. The highest BCUT2D eigenvalue weighted by Crippen LogP contribution is 2.32. The second-order valence-electron chi connectivity index (χ2n) is 7.23. The molecule has 0 atom stereocenters. The molecule has 0 aliphatic carbocycles. The molecule has 2 aromatic rings. The summed E-state index contributed by atoms with van der Waals surface area (Å²) in [5.74, 6) is 1.08. The van der Waals surface area contributed by atoms with E-state index in [0.29, 0.717) is 38.3 Å². The predicted octanol–water partition coefficient (Wildman–Crippen LogP) is 4.11. The van der Waals surface area contributed by atoms with E-state index in [-0.39, 0.29) is 30.1 Å². The Morgan fingerprint density at radius 2 is 1.91 bits per heavy atom. The van der Waals surface area contributed by atoms with Crippen molar-refractivity contribution in [3.63, 3.8) is 0 Å². The minimum atomic E-state index is -0.696. The van der Waals surface area contributed by atoms with Gasteiger partial charge in [0.1, 0.15) is 11.9 Å². The third-order valence-corrected chi connectivity index (χ3v) is 5.03. The second-order valence-corrected chi connectivity index (χ2v) is 7.23. The molecule has 1 fully saturated rings. The molecule has 32 heavy (non-hydrogen) atoms. The third kappa shape index (κ3) is 6.30. The normalized spacial score (nSPS) is 14.1. The topological polar surface area (TPSA) is 113 Å². The number of aromatic nitrogens is 1. The number of anilines is 1. The van der Waals surface area contributed by atoms with Gasteiger partial charge in [-0.25, -0.2) is 4.79 Å². The minimum absolute atomic E-state index is 0.1000. The minimum Gasteiger partial charge on any atom is -0.439 e. The molecule has 3 rings (SSSR count). The Morgan fingerprint density at radius 3 is 2.53 bits per heavy atom. The summed E-state index contributed by atoms with van der Waals surface area (Å²) >= 11 is 0. The van der Waals surface area contributed by atoms with Gasteiger partial charge in [0, 0.05) is 45.2 Å². The Balaban J connectivity index is 1.69. The van der Waals surface area contributed by atoms with Gasteiger partial charge >= 0.3 is 11.8 Å². The molecule has 1 aliphatic heterocycles. The molecule has 2 heterocycles. The van der Waals surface area contributed by atoms with E-state index in [0.717, 1.165) is 12.0 Å². The summed E-state index contributed by atoms with van der Waals surface area (Å²) in [5.41, 5.74) is 1.02. The molecule has 0 amide bonds. The SMILES string of the molecule is CCOC(=O)OC1CCN(c2nc(Oc3ccc(CCOC)cc3)ccc2[N+](=O)[O-])CC1. The maximum Gasteiger partial charge on any atom is 0.508 e. The van der Waals surface area contributed by atoms with Crippen LogP contribution in [0, 0.1) is 10.1 Å². The van der Waals surface area contributed by atoms with Crippen molar-refractivity contribution in [1.29, 1.82) is 0 Å². The van der Waals surface area contributed by atoms with Gasteiger partial charge in [0.25, 0.3) is 0 Å². The molecule has 0 spiro atoms. The van der Waals surface area contributed by atoms with Gasteiger partial charge in [-0.05, 0) is 31.0 Å². The van der Waals surface area contributed by atoms with E-state index in [2.05, 4.69) is 4.98 Å². The molecule has 1 saturated heterocycles. The first-order chi connectivity index (χ1) is 15.5. The summed E-state index contributed by atoms with van der Waals surface area (Å²) in [6.07, 6.45) is 0.850. The highest BCUT2D eigenvalue weighted by atomic mass is 16.7. The molecule has 10 nitrogen and oxygen atoms in total. The van der Waals surface area contributed by atoms with Crippen LogP contribution in [0.2, 0.25) is 0 Å². The van der Waals surface area contributed by atoms with E-state index in [1.807, 2.05) is 29.2 Å². The van der Waals surface area contributed by atoms with Gasteiger partial charge in [-0.2, -0.15) is 4.98 Å². The van der Waals surface area contributed by atoms with Crippen LogP contribution >= 0.6 is 0 Å². The number of rotatable bonds is 9. The molecule has 0 unspecified atom stereocenters. The molecule has 0 bridgehead atoms. The number of carbonyl (C=O) groups is 1. The number of pyridine rings is 1. The third-order valence-electron chi connectivity index (χ3n) is 5.03. The zero-order valence-corrected chi connectivity index (χ0v) is 18.2. The van der Waals surface area contributed by atoms with Gasteiger partial charge in [0.2, 0.25) is 11.7 Å². The maximum absolute atomic E-state index is 11.5. The molecular formula is C22H27N3O7. The van der Waals surface area contributed by atoms with Crippen LogP contribution in [-0.4, -0.2) is 55.6 Å². The van der Waals surface area contributed by atoms with E-state index in [9.17, 15) is 14.9 Å². The smallest absolute Gasteiger partial charge is 0.439 e. The largest absolute Gasteiger partial charge is 0.508 e. The van der Waals surface area contributed by atoms with Crippen molar-refractivity contribution in [3.8, 4) is 11.6 Å². The van der Waals surface area contributed by atoms with Crippen LogP contribution in [0.3, 0.4) is 0 Å². The number of piperidine rings is 1. The number of benzene rings is 1. The van der Waals surface area contributed by atoms with Gasteiger partial charge in [-0.1, -0.05) is 12.1 Å². The van der Waals surface area contributed by atoms with Crippen LogP contribution in [0.15, 0.2) is 36.4 Å². The highest BCUT2D eigenvalue weighted by molar-refractivity contribution is 5.61. The number of hydrogen-bond acceptors (Lipinski definition) is 9. The number of ether oxygens (including phenoxy) is 4. The zero-order chi connectivity index (χ0) is 22.9. The second kappa shape index (κ2) is 11.3. The lowest BCUT2D eigenvalue weighted by Gasteiger charge is -2.31. The van der Waals surface area contributed by atoms with Crippen molar-refractivity contribution in [2.75, 3.05) is 38.3 Å². The molecule has 1 aliphatic rings. The maximum atomic E-state index is 11.5. The number of nitrogens with zero attached hydrogens (tertiary/aromatic N) is 3. The fourth-order valence-electron chi connectivity index (χ4n) is 3.39. The first kappa shape index (κ1) is 23.3. The van der Waals surface area contributed by atoms with E-state index in [1.165, 1.54) is 12.1 Å². The van der Waals surface area contributed by atoms with Crippen LogP contribution < -0.4 is 9.64 Å². The number of carbonyl (C=O) groups excluding carboxylic acids is 1. The highest BCUT2D eigenvalue weighted by Gasteiger charge is 2.28. The van der Waals surface area contributed by atoms with Crippen LogP contribution in [0.1, 0.15) is 25.3 Å². The van der Waals surface area contributed by atoms with Gasteiger partial charge in [0.15, 0.2) is 0 Å². The van der Waals surface area contributed by atoms with Crippen LogP contribution in [-0.2, 0) is 20.6 Å². The van der Waals surface area contributed by atoms with Crippen molar-refractivity contribution in [1.82, 2.24) is 4.98 Å². The molecule has 0 saturated carbocycles. The molecule has 10 heteroatoms. The number of hydrogen-bond donors (Lipinski definition) is 0. The molecular weight excluding hydrogens is 418 g/mol. The average molecular weight is 445 g/mol. The van der Waals surface area contributed by atoms with Gasteiger partial charge < -0.3 is 23.8 Å². The van der Waals surface area contributed by atoms with Gasteiger partial charge in [0.05, 0.1) is 18.1 Å². The predicted molar refractivity (Wildman–Crippen MR) is 116 cm³/mol.